The van der Waals surface area contributed by atoms with E-state index in [1.807, 2.05) is 19.1 Å². The Morgan fingerprint density at radius 2 is 1.67 bits per heavy atom. The van der Waals surface area contributed by atoms with E-state index in [2.05, 4.69) is 0 Å². The van der Waals surface area contributed by atoms with Crippen LogP contribution in [0.15, 0.2) is 36.4 Å². The topological polar surface area (TPSA) is 53.7 Å². The van der Waals surface area contributed by atoms with Crippen LogP contribution in [0.3, 0.4) is 0 Å². The van der Waals surface area contributed by atoms with Gasteiger partial charge in [0.25, 0.3) is 0 Å². The number of hydrogen-bond acceptors (Lipinski definition) is 4. The van der Waals surface area contributed by atoms with Crippen molar-refractivity contribution in [2.24, 2.45) is 0 Å². The van der Waals surface area contributed by atoms with Crippen molar-refractivity contribution in [3.8, 4) is 17.2 Å². The van der Waals surface area contributed by atoms with Gasteiger partial charge in [0, 0.05) is 11.1 Å². The number of methoxy groups -OCH3 is 1. The van der Waals surface area contributed by atoms with Crippen molar-refractivity contribution < 1.29 is 14.2 Å². The van der Waals surface area contributed by atoms with Crippen molar-refractivity contribution >= 4 is 17.3 Å². The maximum absolute atomic E-state index is 5.90. The Hall–Kier alpha value is -2.07. The molecule has 0 unspecified atom stereocenters. The minimum Gasteiger partial charge on any atom is -0.497 e. The van der Waals surface area contributed by atoms with Crippen LogP contribution in [0.2, 0.25) is 5.02 Å². The first kappa shape index (κ1) is 15.3. The van der Waals surface area contributed by atoms with Crippen molar-refractivity contribution in [1.29, 1.82) is 0 Å². The zero-order chi connectivity index (χ0) is 15.2. The Morgan fingerprint density at radius 1 is 1.00 bits per heavy atom. The second-order valence-electron chi connectivity index (χ2n) is 4.51. The fraction of sp³-hybridized carbons (Fsp3) is 0.250. The number of hydrogen-bond donors (Lipinski definition) is 1. The second kappa shape index (κ2) is 7.09. The number of halogens is 1. The van der Waals surface area contributed by atoms with Crippen molar-refractivity contribution in [2.75, 3.05) is 26.1 Å². The summed E-state index contributed by atoms with van der Waals surface area (Å²) in [6.45, 7) is 2.77. The lowest BCUT2D eigenvalue weighted by Crippen LogP contribution is -2.10. The minimum absolute atomic E-state index is 0.401. The predicted octanol–water partition coefficient (Wildman–Crippen LogP) is 3.70. The average molecular weight is 308 g/mol. The van der Waals surface area contributed by atoms with E-state index in [9.17, 15) is 0 Å². The van der Waals surface area contributed by atoms with Crippen LogP contribution < -0.4 is 19.9 Å². The van der Waals surface area contributed by atoms with Crippen LogP contribution in [-0.2, 0) is 0 Å². The maximum atomic E-state index is 5.90. The summed E-state index contributed by atoms with van der Waals surface area (Å²) in [5.74, 6) is 2.12. The van der Waals surface area contributed by atoms with E-state index >= 15 is 0 Å². The van der Waals surface area contributed by atoms with Gasteiger partial charge in [-0.25, -0.2) is 0 Å². The van der Waals surface area contributed by atoms with Gasteiger partial charge in [-0.05, 0) is 42.8 Å². The van der Waals surface area contributed by atoms with Gasteiger partial charge in [0.05, 0.1) is 12.8 Å². The molecule has 4 nitrogen and oxygen atoms in total. The number of rotatable bonds is 6. The molecule has 2 aromatic carbocycles. The first-order valence-corrected chi connectivity index (χ1v) is 6.93. The van der Waals surface area contributed by atoms with E-state index in [4.69, 9.17) is 31.5 Å². The molecular formula is C16H18ClNO3. The smallest absolute Gasteiger partial charge is 0.142 e. The van der Waals surface area contributed by atoms with Crippen LogP contribution in [0.5, 0.6) is 17.2 Å². The molecule has 112 valence electrons. The molecule has 0 aliphatic carbocycles. The molecule has 0 heterocycles. The van der Waals surface area contributed by atoms with Gasteiger partial charge in [-0.3, -0.25) is 0 Å². The Bertz CT molecular complexity index is 616. The molecule has 0 aliphatic rings. The molecular weight excluding hydrogens is 290 g/mol. The molecule has 0 fully saturated rings. The van der Waals surface area contributed by atoms with E-state index < -0.39 is 0 Å². The molecule has 2 aromatic rings. The third-order valence-corrected chi connectivity index (χ3v) is 3.19. The summed E-state index contributed by atoms with van der Waals surface area (Å²) in [4.78, 5) is 0. The summed E-state index contributed by atoms with van der Waals surface area (Å²) in [7, 11) is 1.59. The molecule has 0 radical (unpaired) electrons. The van der Waals surface area contributed by atoms with E-state index in [0.717, 1.165) is 11.3 Å². The van der Waals surface area contributed by atoms with E-state index in [0.29, 0.717) is 35.4 Å². The number of benzene rings is 2. The van der Waals surface area contributed by atoms with Crippen molar-refractivity contribution in [3.63, 3.8) is 0 Å². The van der Waals surface area contributed by atoms with Gasteiger partial charge in [0.15, 0.2) is 0 Å². The van der Waals surface area contributed by atoms with Crippen LogP contribution in [0, 0.1) is 6.92 Å². The fourth-order valence-electron chi connectivity index (χ4n) is 1.86. The summed E-state index contributed by atoms with van der Waals surface area (Å²) in [6, 6.07) is 10.8. The van der Waals surface area contributed by atoms with E-state index in [-0.39, 0.29) is 0 Å². The molecule has 2 rings (SSSR count). The zero-order valence-electron chi connectivity index (χ0n) is 12.1. The molecule has 0 aliphatic heterocycles. The molecule has 21 heavy (non-hydrogen) atoms. The average Bonchev–Trinajstić information content (AvgIpc) is 2.46. The normalized spacial score (nSPS) is 10.2. The highest BCUT2D eigenvalue weighted by atomic mass is 35.5. The highest BCUT2D eigenvalue weighted by molar-refractivity contribution is 6.30. The quantitative estimate of drug-likeness (QED) is 0.653. The molecule has 0 atom stereocenters. The van der Waals surface area contributed by atoms with Crippen LogP contribution in [0.25, 0.3) is 0 Å². The Balaban J connectivity index is 1.84. The van der Waals surface area contributed by atoms with Crippen molar-refractivity contribution in [3.05, 3.63) is 47.0 Å². The lowest BCUT2D eigenvalue weighted by Gasteiger charge is -2.12. The lowest BCUT2D eigenvalue weighted by molar-refractivity contribution is 0.217. The third kappa shape index (κ3) is 4.20. The van der Waals surface area contributed by atoms with Crippen LogP contribution in [0.4, 0.5) is 5.69 Å². The van der Waals surface area contributed by atoms with Crippen LogP contribution in [0.1, 0.15) is 5.56 Å². The van der Waals surface area contributed by atoms with E-state index in [1.165, 1.54) is 0 Å². The Kier molecular flexibility index (Phi) is 5.17. The first-order chi connectivity index (χ1) is 10.1. The molecule has 0 saturated carbocycles. The number of anilines is 1. The highest BCUT2D eigenvalue weighted by Gasteiger charge is 2.03. The molecule has 0 bridgehead atoms. The van der Waals surface area contributed by atoms with E-state index in [1.54, 1.807) is 31.4 Å². The summed E-state index contributed by atoms with van der Waals surface area (Å²) in [5.41, 5.74) is 7.40. The second-order valence-corrected chi connectivity index (χ2v) is 4.95. The van der Waals surface area contributed by atoms with Crippen molar-refractivity contribution in [2.45, 2.75) is 6.92 Å². The molecule has 2 N–H and O–H groups in total. The summed E-state index contributed by atoms with van der Waals surface area (Å²) in [6.07, 6.45) is 0. The largest absolute Gasteiger partial charge is 0.497 e. The molecule has 0 saturated heterocycles. The predicted molar refractivity (Wildman–Crippen MR) is 84.6 cm³/mol. The third-order valence-electron chi connectivity index (χ3n) is 2.95. The van der Waals surface area contributed by atoms with Gasteiger partial charge in [-0.2, -0.15) is 0 Å². The Morgan fingerprint density at radius 3 is 2.29 bits per heavy atom. The van der Waals surface area contributed by atoms with Gasteiger partial charge in [0.1, 0.15) is 30.5 Å². The summed E-state index contributed by atoms with van der Waals surface area (Å²) >= 11 is 5.90. The standard InChI is InChI=1S/C16H18ClNO3/c1-11-9-12(17)3-5-15(11)20-7-8-21-16-6-4-13(19-2)10-14(16)18/h3-6,9-10H,7-8,18H2,1-2H3. The van der Waals surface area contributed by atoms with Crippen LogP contribution >= 0.6 is 11.6 Å². The SMILES string of the molecule is COc1ccc(OCCOc2ccc(Cl)cc2C)c(N)c1. The van der Waals surface area contributed by atoms with Gasteiger partial charge >= 0.3 is 0 Å². The maximum Gasteiger partial charge on any atom is 0.142 e. The van der Waals surface area contributed by atoms with Gasteiger partial charge in [-0.15, -0.1) is 0 Å². The highest BCUT2D eigenvalue weighted by Crippen LogP contribution is 2.26. The number of aryl methyl sites for hydroxylation is 1. The monoisotopic (exact) mass is 307 g/mol. The molecule has 5 heteroatoms. The van der Waals surface area contributed by atoms with Gasteiger partial charge in [0.2, 0.25) is 0 Å². The fourth-order valence-corrected chi connectivity index (χ4v) is 2.09. The number of nitrogens with two attached hydrogens (primary N) is 1. The molecule has 0 amide bonds. The molecule has 0 aromatic heterocycles. The first-order valence-electron chi connectivity index (χ1n) is 6.55. The summed E-state index contributed by atoms with van der Waals surface area (Å²) < 4.78 is 16.3. The summed E-state index contributed by atoms with van der Waals surface area (Å²) in [5, 5.41) is 0.696. The van der Waals surface area contributed by atoms with Crippen molar-refractivity contribution in [1.82, 2.24) is 0 Å². The lowest BCUT2D eigenvalue weighted by atomic mass is 10.2. The number of ether oxygens (including phenoxy) is 3. The zero-order valence-corrected chi connectivity index (χ0v) is 12.8. The molecule has 0 spiro atoms. The number of nitrogen functional groups attached to an aromatic ring is 1. The Labute approximate surface area is 129 Å². The minimum atomic E-state index is 0.401. The van der Waals surface area contributed by atoms with Crippen LogP contribution in [-0.4, -0.2) is 20.3 Å². The van der Waals surface area contributed by atoms with Gasteiger partial charge in [-0.1, -0.05) is 11.6 Å². The van der Waals surface area contributed by atoms with Gasteiger partial charge < -0.3 is 19.9 Å².